The highest BCUT2D eigenvalue weighted by Gasteiger charge is 2.55. The van der Waals surface area contributed by atoms with Crippen molar-refractivity contribution in [1.82, 2.24) is 15.3 Å². The smallest absolute Gasteiger partial charge is 0.243 e. The average Bonchev–Trinajstić information content (AvgIpc) is 2.80. The molecular formula is C16H10ClN3O2. The van der Waals surface area contributed by atoms with Crippen molar-refractivity contribution in [2.45, 2.75) is 5.41 Å². The van der Waals surface area contributed by atoms with Crippen LogP contribution < -0.4 is 5.32 Å². The lowest BCUT2D eigenvalue weighted by atomic mass is 9.72. The van der Waals surface area contributed by atoms with Crippen LogP contribution in [0.3, 0.4) is 0 Å². The highest BCUT2D eigenvalue weighted by molar-refractivity contribution is 6.35. The second-order valence-corrected chi connectivity index (χ2v) is 5.68. The molecule has 6 heteroatoms. The zero-order chi connectivity index (χ0) is 15.3. The van der Waals surface area contributed by atoms with Crippen LogP contribution in [-0.4, -0.2) is 21.8 Å². The van der Waals surface area contributed by atoms with E-state index in [2.05, 4.69) is 15.3 Å². The Bertz CT molecular complexity index is 890. The van der Waals surface area contributed by atoms with Gasteiger partial charge in [-0.3, -0.25) is 14.9 Å². The van der Waals surface area contributed by atoms with Crippen LogP contribution in [0.1, 0.15) is 5.69 Å². The second-order valence-electron chi connectivity index (χ2n) is 5.27. The van der Waals surface area contributed by atoms with Gasteiger partial charge in [-0.25, -0.2) is 9.97 Å². The molecule has 2 aromatic heterocycles. The van der Waals surface area contributed by atoms with Crippen LogP contribution in [-0.2, 0) is 15.0 Å². The number of carbonyl (C=O) groups is 2. The lowest BCUT2D eigenvalue weighted by molar-refractivity contribution is -0.126. The Hall–Kier alpha value is -2.53. The Kier molecular flexibility index (Phi) is 2.68. The minimum absolute atomic E-state index is 0.313. The molecule has 0 radical (unpaired) electrons. The molecule has 0 saturated carbocycles. The number of halogens is 1. The summed E-state index contributed by atoms with van der Waals surface area (Å²) in [5.74, 6) is -1.27. The Morgan fingerprint density at radius 1 is 1.18 bits per heavy atom. The van der Waals surface area contributed by atoms with Crippen LogP contribution in [0.2, 0.25) is 5.02 Å². The largest absolute Gasteiger partial charge is 0.295 e. The van der Waals surface area contributed by atoms with Crippen LogP contribution >= 0.6 is 11.6 Å². The highest BCUT2D eigenvalue weighted by Crippen LogP contribution is 2.41. The zero-order valence-corrected chi connectivity index (χ0v) is 12.0. The zero-order valence-electron chi connectivity index (χ0n) is 11.3. The second kappa shape index (κ2) is 4.48. The van der Waals surface area contributed by atoms with Gasteiger partial charge < -0.3 is 0 Å². The van der Waals surface area contributed by atoms with E-state index < -0.39 is 11.3 Å². The number of fused-ring (bicyclic) bond motifs is 2. The van der Waals surface area contributed by atoms with Crippen molar-refractivity contribution in [2.75, 3.05) is 0 Å². The van der Waals surface area contributed by atoms with Crippen molar-refractivity contribution < 1.29 is 9.59 Å². The maximum atomic E-state index is 12.4. The molecule has 108 valence electrons. The average molecular weight is 312 g/mol. The van der Waals surface area contributed by atoms with Crippen LogP contribution in [0.15, 0.2) is 48.7 Å². The lowest BCUT2D eigenvalue weighted by Gasteiger charge is -2.27. The molecule has 4 rings (SSSR count). The third-order valence-corrected chi connectivity index (χ3v) is 4.46. The molecule has 1 N–H and O–H groups in total. The molecule has 3 heterocycles. The SMILES string of the molecule is O=C1NC(=O)C2(c3ccc4c(Cl)ccnc4n3)C=CC=CC12. The Morgan fingerprint density at radius 3 is 2.91 bits per heavy atom. The molecule has 2 aromatic rings. The molecule has 1 aliphatic carbocycles. The summed E-state index contributed by atoms with van der Waals surface area (Å²) in [6, 6.07) is 5.19. The van der Waals surface area contributed by atoms with Gasteiger partial charge in [0.15, 0.2) is 5.65 Å². The maximum Gasteiger partial charge on any atom is 0.243 e. The van der Waals surface area contributed by atoms with Gasteiger partial charge in [-0.2, -0.15) is 0 Å². The van der Waals surface area contributed by atoms with Crippen molar-refractivity contribution in [2.24, 2.45) is 5.92 Å². The summed E-state index contributed by atoms with van der Waals surface area (Å²) < 4.78 is 0. The number of pyridine rings is 2. The van der Waals surface area contributed by atoms with E-state index in [9.17, 15) is 9.59 Å². The highest BCUT2D eigenvalue weighted by atomic mass is 35.5. The molecule has 2 atom stereocenters. The Labute approximate surface area is 130 Å². The standard InChI is InChI=1S/C16H10ClN3O2/c17-11-6-8-18-13-9(11)4-5-12(19-13)16-7-2-1-3-10(16)14(21)20-15(16)22/h1-8,10H,(H,20,21,22). The number of nitrogens with zero attached hydrogens (tertiary/aromatic N) is 2. The monoisotopic (exact) mass is 311 g/mol. The predicted molar refractivity (Wildman–Crippen MR) is 81.1 cm³/mol. The van der Waals surface area contributed by atoms with E-state index in [0.29, 0.717) is 21.7 Å². The minimum atomic E-state index is -1.11. The van der Waals surface area contributed by atoms with Crippen molar-refractivity contribution >= 4 is 34.4 Å². The number of imide groups is 1. The summed E-state index contributed by atoms with van der Waals surface area (Å²) in [7, 11) is 0. The number of amides is 2. The van der Waals surface area contributed by atoms with Gasteiger partial charge in [-0.05, 0) is 18.2 Å². The number of rotatable bonds is 1. The first kappa shape index (κ1) is 13.2. The Morgan fingerprint density at radius 2 is 2.05 bits per heavy atom. The van der Waals surface area contributed by atoms with Crippen LogP contribution in [0.5, 0.6) is 0 Å². The quantitative estimate of drug-likeness (QED) is 0.817. The number of hydrogen-bond acceptors (Lipinski definition) is 4. The van der Waals surface area contributed by atoms with Crippen molar-refractivity contribution in [3.63, 3.8) is 0 Å². The van der Waals surface area contributed by atoms with Crippen molar-refractivity contribution in [1.29, 1.82) is 0 Å². The first-order chi connectivity index (χ1) is 10.6. The lowest BCUT2D eigenvalue weighted by Crippen LogP contribution is -2.39. The van der Waals surface area contributed by atoms with Crippen LogP contribution in [0.4, 0.5) is 0 Å². The van der Waals surface area contributed by atoms with Crippen molar-refractivity contribution in [3.8, 4) is 0 Å². The fourth-order valence-corrected chi connectivity index (χ4v) is 3.23. The summed E-state index contributed by atoms with van der Waals surface area (Å²) in [6.45, 7) is 0. The number of carbonyl (C=O) groups excluding carboxylic acids is 2. The third kappa shape index (κ3) is 1.60. The molecule has 0 aromatic carbocycles. The van der Waals surface area contributed by atoms with Gasteiger partial charge in [0, 0.05) is 11.6 Å². The summed E-state index contributed by atoms with van der Waals surface area (Å²) >= 11 is 6.12. The fraction of sp³-hybridized carbons (Fsp3) is 0.125. The fourth-order valence-electron chi connectivity index (χ4n) is 3.03. The van der Waals surface area contributed by atoms with Gasteiger partial charge in [-0.15, -0.1) is 0 Å². The number of nitrogens with one attached hydrogen (secondary N) is 1. The van der Waals surface area contributed by atoms with Crippen LogP contribution in [0, 0.1) is 5.92 Å². The molecule has 5 nitrogen and oxygen atoms in total. The van der Waals surface area contributed by atoms with E-state index in [1.807, 2.05) is 0 Å². The predicted octanol–water partition coefficient (Wildman–Crippen LogP) is 1.92. The summed E-state index contributed by atoms with van der Waals surface area (Å²) in [5.41, 5.74) is -0.166. The summed E-state index contributed by atoms with van der Waals surface area (Å²) in [5, 5.41) is 3.65. The molecule has 1 aliphatic heterocycles. The number of aromatic nitrogens is 2. The van der Waals surface area contributed by atoms with E-state index in [-0.39, 0.29) is 11.8 Å². The molecule has 2 amide bonds. The van der Waals surface area contributed by atoms with Gasteiger partial charge in [0.2, 0.25) is 11.8 Å². The first-order valence-corrected chi connectivity index (χ1v) is 7.14. The van der Waals surface area contributed by atoms with Gasteiger partial charge in [0.25, 0.3) is 0 Å². The molecule has 1 fully saturated rings. The molecule has 0 spiro atoms. The molecule has 2 aliphatic rings. The van der Waals surface area contributed by atoms with Gasteiger partial charge >= 0.3 is 0 Å². The minimum Gasteiger partial charge on any atom is -0.295 e. The van der Waals surface area contributed by atoms with E-state index in [1.165, 1.54) is 0 Å². The topological polar surface area (TPSA) is 72.0 Å². The maximum absolute atomic E-state index is 12.4. The normalized spacial score (nSPS) is 26.3. The van der Waals surface area contributed by atoms with E-state index in [4.69, 9.17) is 11.6 Å². The van der Waals surface area contributed by atoms with Gasteiger partial charge in [-0.1, -0.05) is 35.9 Å². The molecule has 2 unspecified atom stereocenters. The van der Waals surface area contributed by atoms with Gasteiger partial charge in [0.1, 0.15) is 5.41 Å². The molecule has 0 bridgehead atoms. The van der Waals surface area contributed by atoms with E-state index in [0.717, 1.165) is 0 Å². The van der Waals surface area contributed by atoms with Gasteiger partial charge in [0.05, 0.1) is 16.6 Å². The summed E-state index contributed by atoms with van der Waals surface area (Å²) in [4.78, 5) is 33.2. The van der Waals surface area contributed by atoms with Crippen LogP contribution in [0.25, 0.3) is 11.0 Å². The third-order valence-electron chi connectivity index (χ3n) is 4.13. The number of hydrogen-bond donors (Lipinski definition) is 1. The van der Waals surface area contributed by atoms with E-state index >= 15 is 0 Å². The first-order valence-electron chi connectivity index (χ1n) is 6.76. The summed E-state index contributed by atoms with van der Waals surface area (Å²) in [6.07, 6.45) is 8.52. The van der Waals surface area contributed by atoms with Crippen molar-refractivity contribution in [3.05, 3.63) is 59.4 Å². The molecule has 1 saturated heterocycles. The molecule has 22 heavy (non-hydrogen) atoms. The van der Waals surface area contributed by atoms with E-state index in [1.54, 1.807) is 48.7 Å². The molecular weight excluding hydrogens is 302 g/mol. The number of allylic oxidation sites excluding steroid dienone is 2. The Balaban J connectivity index is 1.97.